The summed E-state index contributed by atoms with van der Waals surface area (Å²) in [5, 5.41) is 0. The summed E-state index contributed by atoms with van der Waals surface area (Å²) in [7, 11) is 0. The van der Waals surface area contributed by atoms with Gasteiger partial charge in [0, 0.05) is 22.1 Å². The van der Waals surface area contributed by atoms with Gasteiger partial charge in [0.2, 0.25) is 0 Å². The first-order chi connectivity index (χ1) is 8.54. The summed E-state index contributed by atoms with van der Waals surface area (Å²) >= 11 is 3.30. The average Bonchev–Trinajstić information content (AvgIpc) is 2.72. The van der Waals surface area contributed by atoms with E-state index < -0.39 is 0 Å². The van der Waals surface area contributed by atoms with Crippen LogP contribution in [0.25, 0.3) is 0 Å². The molecule has 0 saturated carbocycles. The Morgan fingerprint density at radius 3 is 2.78 bits per heavy atom. The standard InChI is InChI=1S/C14H20BrFN2/c1-9(2)18-6-5-10(8-17)14(18)12-4-3-11(15)7-13(12)16/h3-4,7,9-10,14H,5-6,8,17H2,1-2H3. The van der Waals surface area contributed by atoms with Gasteiger partial charge in [-0.3, -0.25) is 4.90 Å². The first-order valence-corrected chi connectivity index (χ1v) is 7.24. The molecule has 1 heterocycles. The van der Waals surface area contributed by atoms with Crippen molar-refractivity contribution in [3.05, 3.63) is 34.1 Å². The van der Waals surface area contributed by atoms with Crippen LogP contribution in [-0.4, -0.2) is 24.0 Å². The minimum atomic E-state index is -0.139. The third-order valence-corrected chi connectivity index (χ3v) is 4.30. The van der Waals surface area contributed by atoms with Crippen molar-refractivity contribution in [2.75, 3.05) is 13.1 Å². The number of halogens is 2. The molecule has 1 aromatic carbocycles. The molecular formula is C14H20BrFN2. The normalized spacial score (nSPS) is 25.0. The lowest BCUT2D eigenvalue weighted by molar-refractivity contribution is 0.181. The smallest absolute Gasteiger partial charge is 0.129 e. The van der Waals surface area contributed by atoms with E-state index in [1.54, 1.807) is 6.07 Å². The number of benzene rings is 1. The summed E-state index contributed by atoms with van der Waals surface area (Å²) in [4.78, 5) is 2.35. The van der Waals surface area contributed by atoms with E-state index >= 15 is 0 Å². The van der Waals surface area contributed by atoms with Crippen molar-refractivity contribution in [1.29, 1.82) is 0 Å². The molecular weight excluding hydrogens is 295 g/mol. The number of hydrogen-bond acceptors (Lipinski definition) is 2. The number of nitrogens with zero attached hydrogens (tertiary/aromatic N) is 1. The second kappa shape index (κ2) is 5.68. The van der Waals surface area contributed by atoms with Crippen molar-refractivity contribution >= 4 is 15.9 Å². The Hall–Kier alpha value is -0.450. The van der Waals surface area contributed by atoms with Crippen LogP contribution in [0.2, 0.25) is 0 Å². The molecule has 1 aliphatic heterocycles. The minimum absolute atomic E-state index is 0.114. The lowest BCUT2D eigenvalue weighted by atomic mass is 9.93. The van der Waals surface area contributed by atoms with Crippen molar-refractivity contribution in [3.63, 3.8) is 0 Å². The van der Waals surface area contributed by atoms with E-state index in [1.807, 2.05) is 12.1 Å². The van der Waals surface area contributed by atoms with Crippen molar-refractivity contribution < 1.29 is 4.39 Å². The Labute approximate surface area is 116 Å². The van der Waals surface area contributed by atoms with Crippen LogP contribution >= 0.6 is 15.9 Å². The van der Waals surface area contributed by atoms with Crippen molar-refractivity contribution in [2.24, 2.45) is 11.7 Å². The van der Waals surface area contributed by atoms with Crippen molar-refractivity contribution in [3.8, 4) is 0 Å². The van der Waals surface area contributed by atoms with Gasteiger partial charge in [0.25, 0.3) is 0 Å². The summed E-state index contributed by atoms with van der Waals surface area (Å²) in [5.74, 6) is 0.212. The number of hydrogen-bond donors (Lipinski definition) is 1. The van der Waals surface area contributed by atoms with Gasteiger partial charge in [0.1, 0.15) is 5.82 Å². The zero-order valence-electron chi connectivity index (χ0n) is 10.9. The van der Waals surface area contributed by atoms with Gasteiger partial charge < -0.3 is 5.73 Å². The van der Waals surface area contributed by atoms with Crippen LogP contribution < -0.4 is 5.73 Å². The van der Waals surface area contributed by atoms with Crippen LogP contribution in [0.4, 0.5) is 4.39 Å². The monoisotopic (exact) mass is 314 g/mol. The molecule has 2 rings (SSSR count). The lowest BCUT2D eigenvalue weighted by Crippen LogP contribution is -2.33. The van der Waals surface area contributed by atoms with E-state index in [1.165, 1.54) is 0 Å². The third-order valence-electron chi connectivity index (χ3n) is 3.81. The fourth-order valence-corrected chi connectivity index (χ4v) is 3.22. The van der Waals surface area contributed by atoms with E-state index in [4.69, 9.17) is 5.73 Å². The highest BCUT2D eigenvalue weighted by atomic mass is 79.9. The van der Waals surface area contributed by atoms with Crippen LogP contribution in [-0.2, 0) is 0 Å². The van der Waals surface area contributed by atoms with E-state index in [-0.39, 0.29) is 11.9 Å². The molecule has 2 N–H and O–H groups in total. The highest BCUT2D eigenvalue weighted by Crippen LogP contribution is 2.39. The van der Waals surface area contributed by atoms with Crippen LogP contribution in [0, 0.1) is 11.7 Å². The molecule has 4 heteroatoms. The van der Waals surface area contributed by atoms with Crippen LogP contribution in [0.3, 0.4) is 0 Å². The Kier molecular flexibility index (Phi) is 4.41. The maximum Gasteiger partial charge on any atom is 0.129 e. The van der Waals surface area contributed by atoms with Gasteiger partial charge in [-0.1, -0.05) is 22.0 Å². The highest BCUT2D eigenvalue weighted by molar-refractivity contribution is 9.10. The van der Waals surface area contributed by atoms with Gasteiger partial charge in [0.15, 0.2) is 0 Å². The van der Waals surface area contributed by atoms with Gasteiger partial charge in [0.05, 0.1) is 0 Å². The fraction of sp³-hybridized carbons (Fsp3) is 0.571. The zero-order valence-corrected chi connectivity index (χ0v) is 12.5. The first-order valence-electron chi connectivity index (χ1n) is 6.45. The van der Waals surface area contributed by atoms with E-state index in [0.29, 0.717) is 18.5 Å². The van der Waals surface area contributed by atoms with Crippen molar-refractivity contribution in [2.45, 2.75) is 32.4 Å². The Balaban J connectivity index is 2.37. The second-order valence-corrected chi connectivity index (χ2v) is 6.14. The molecule has 1 aromatic rings. The Morgan fingerprint density at radius 1 is 1.50 bits per heavy atom. The highest BCUT2D eigenvalue weighted by Gasteiger charge is 2.36. The summed E-state index contributed by atoms with van der Waals surface area (Å²) in [6.07, 6.45) is 1.05. The molecule has 1 saturated heterocycles. The molecule has 0 aliphatic carbocycles. The quantitative estimate of drug-likeness (QED) is 0.927. The van der Waals surface area contributed by atoms with Gasteiger partial charge in [-0.25, -0.2) is 4.39 Å². The molecule has 2 nitrogen and oxygen atoms in total. The molecule has 18 heavy (non-hydrogen) atoms. The first kappa shape index (κ1) is 14.0. The molecule has 2 atom stereocenters. The fourth-order valence-electron chi connectivity index (χ4n) is 2.88. The van der Waals surface area contributed by atoms with Crippen LogP contribution in [0.15, 0.2) is 22.7 Å². The van der Waals surface area contributed by atoms with Gasteiger partial charge in [-0.2, -0.15) is 0 Å². The largest absolute Gasteiger partial charge is 0.330 e. The number of rotatable bonds is 3. The second-order valence-electron chi connectivity index (χ2n) is 5.23. The van der Waals surface area contributed by atoms with Crippen LogP contribution in [0.1, 0.15) is 31.9 Å². The van der Waals surface area contributed by atoms with Crippen molar-refractivity contribution in [1.82, 2.24) is 4.90 Å². The molecule has 2 unspecified atom stereocenters. The Bertz CT molecular complexity index is 422. The maximum absolute atomic E-state index is 14.2. The Morgan fingerprint density at radius 2 is 2.22 bits per heavy atom. The predicted molar refractivity (Wildman–Crippen MR) is 75.8 cm³/mol. The van der Waals surface area contributed by atoms with E-state index in [2.05, 4.69) is 34.7 Å². The summed E-state index contributed by atoms with van der Waals surface area (Å²) in [6.45, 7) is 5.93. The van der Waals surface area contributed by atoms with E-state index in [0.717, 1.165) is 23.0 Å². The lowest BCUT2D eigenvalue weighted by Gasteiger charge is -2.31. The molecule has 0 bridgehead atoms. The van der Waals surface area contributed by atoms with E-state index in [9.17, 15) is 4.39 Å². The molecule has 0 radical (unpaired) electrons. The molecule has 1 aliphatic rings. The molecule has 0 amide bonds. The number of nitrogens with two attached hydrogens (primary N) is 1. The van der Waals surface area contributed by atoms with Gasteiger partial charge in [-0.15, -0.1) is 0 Å². The molecule has 0 aromatic heterocycles. The molecule has 1 fully saturated rings. The predicted octanol–water partition coefficient (Wildman–Crippen LogP) is 3.32. The summed E-state index contributed by atoms with van der Waals surface area (Å²) < 4.78 is 14.9. The zero-order chi connectivity index (χ0) is 13.3. The van der Waals surface area contributed by atoms with Gasteiger partial charge >= 0.3 is 0 Å². The third kappa shape index (κ3) is 2.60. The summed E-state index contributed by atoms with van der Waals surface area (Å²) in [6, 6.07) is 5.86. The molecule has 0 spiro atoms. The maximum atomic E-state index is 14.2. The number of likely N-dealkylation sites (tertiary alicyclic amines) is 1. The van der Waals surface area contributed by atoms with Crippen LogP contribution in [0.5, 0.6) is 0 Å². The van der Waals surface area contributed by atoms with Gasteiger partial charge in [-0.05, 0) is 51.4 Å². The average molecular weight is 315 g/mol. The SMILES string of the molecule is CC(C)N1CCC(CN)C1c1ccc(Br)cc1F. The topological polar surface area (TPSA) is 29.3 Å². The summed E-state index contributed by atoms with van der Waals surface area (Å²) in [5.41, 5.74) is 6.62. The molecule has 100 valence electrons. The minimum Gasteiger partial charge on any atom is -0.330 e.